The maximum atomic E-state index is 14.6. The van der Waals surface area contributed by atoms with Crippen molar-refractivity contribution in [3.8, 4) is 22.9 Å². The third kappa shape index (κ3) is 7.75. The number of ether oxygens (including phenoxy) is 1. The Morgan fingerprint density at radius 2 is 1.73 bits per heavy atom. The third-order valence-corrected chi connectivity index (χ3v) is 5.98. The summed E-state index contributed by atoms with van der Waals surface area (Å²) in [7, 11) is 0. The van der Waals surface area contributed by atoms with E-state index in [0.29, 0.717) is 42.9 Å². The van der Waals surface area contributed by atoms with Gasteiger partial charge in [0.25, 0.3) is 11.8 Å². The van der Waals surface area contributed by atoms with Crippen molar-refractivity contribution in [2.24, 2.45) is 0 Å². The average Bonchev–Trinajstić information content (AvgIpc) is 3.45. The molecular weight excluding hydrogens is 532 g/mol. The summed E-state index contributed by atoms with van der Waals surface area (Å²) in [6.45, 7) is 4.52. The van der Waals surface area contributed by atoms with Crippen molar-refractivity contribution in [3.05, 3.63) is 95.3 Å². The Morgan fingerprint density at radius 1 is 0.927 bits per heavy atom. The number of anilines is 1. The van der Waals surface area contributed by atoms with Crippen LogP contribution in [0.15, 0.2) is 67.0 Å². The molecule has 4 N–H and O–H groups in total. The number of amides is 3. The van der Waals surface area contributed by atoms with Gasteiger partial charge < -0.3 is 25.7 Å². The van der Waals surface area contributed by atoms with E-state index in [1.54, 1.807) is 25.1 Å². The fourth-order valence-corrected chi connectivity index (χ4v) is 3.91. The number of pyridine rings is 1. The second-order valence-electron chi connectivity index (χ2n) is 9.18. The van der Waals surface area contributed by atoms with Crippen LogP contribution in [0.2, 0.25) is 0 Å². The zero-order chi connectivity index (χ0) is 29.4. The summed E-state index contributed by atoms with van der Waals surface area (Å²) in [5.41, 5.74) is 2.18. The van der Waals surface area contributed by atoms with Gasteiger partial charge in [0.2, 0.25) is 5.91 Å². The second kappa shape index (κ2) is 13.3. The van der Waals surface area contributed by atoms with Gasteiger partial charge in [0.15, 0.2) is 11.6 Å². The summed E-state index contributed by atoms with van der Waals surface area (Å²) in [6.07, 6.45) is 3.82. The number of carbonyl (C=O) groups is 3. The molecule has 0 aliphatic heterocycles. The molecule has 3 amide bonds. The van der Waals surface area contributed by atoms with Gasteiger partial charge in [0.1, 0.15) is 11.6 Å². The molecule has 0 saturated carbocycles. The topological polar surface area (TPSA) is 125 Å². The molecule has 0 radical (unpaired) electrons. The molecule has 9 nitrogen and oxygen atoms in total. The van der Waals surface area contributed by atoms with E-state index in [0.717, 1.165) is 11.6 Å². The van der Waals surface area contributed by atoms with Gasteiger partial charge in [-0.3, -0.25) is 19.4 Å². The summed E-state index contributed by atoms with van der Waals surface area (Å²) in [5.74, 6) is -2.26. The number of aromatic amines is 1. The van der Waals surface area contributed by atoms with Crippen molar-refractivity contribution >= 4 is 23.4 Å². The van der Waals surface area contributed by atoms with Crippen LogP contribution in [0.3, 0.4) is 0 Å². The van der Waals surface area contributed by atoms with Crippen LogP contribution < -0.4 is 20.7 Å². The van der Waals surface area contributed by atoms with Crippen molar-refractivity contribution < 1.29 is 27.9 Å². The van der Waals surface area contributed by atoms with Crippen LogP contribution in [0.5, 0.6) is 11.5 Å². The highest BCUT2D eigenvalue weighted by Crippen LogP contribution is 2.29. The van der Waals surface area contributed by atoms with E-state index >= 15 is 0 Å². The van der Waals surface area contributed by atoms with Gasteiger partial charge >= 0.3 is 0 Å². The fourth-order valence-electron chi connectivity index (χ4n) is 3.91. The first-order valence-electron chi connectivity index (χ1n) is 13.0. The second-order valence-corrected chi connectivity index (χ2v) is 9.18. The normalized spacial score (nSPS) is 10.6. The maximum absolute atomic E-state index is 14.6. The Labute approximate surface area is 235 Å². The average molecular weight is 562 g/mol. The number of carbonyl (C=O) groups excluding carboxylic acids is 3. The van der Waals surface area contributed by atoms with Crippen LogP contribution >= 0.6 is 0 Å². The molecule has 2 aromatic heterocycles. The van der Waals surface area contributed by atoms with E-state index in [1.165, 1.54) is 42.7 Å². The number of aryl methyl sites for hydroxylation is 1. The van der Waals surface area contributed by atoms with E-state index in [2.05, 4.69) is 25.9 Å². The number of nitrogens with one attached hydrogen (secondary N) is 4. The van der Waals surface area contributed by atoms with Crippen LogP contribution in [0.1, 0.15) is 46.0 Å². The highest BCUT2D eigenvalue weighted by Gasteiger charge is 2.15. The summed E-state index contributed by atoms with van der Waals surface area (Å²) < 4.78 is 34.4. The van der Waals surface area contributed by atoms with Crippen LogP contribution in [-0.2, 0) is 4.79 Å². The first-order valence-corrected chi connectivity index (χ1v) is 13.0. The Hall–Kier alpha value is -5.06. The first kappa shape index (κ1) is 28.9. The lowest BCUT2D eigenvalue weighted by Crippen LogP contribution is -2.27. The van der Waals surface area contributed by atoms with Crippen molar-refractivity contribution in [1.29, 1.82) is 0 Å². The zero-order valence-electron chi connectivity index (χ0n) is 22.5. The van der Waals surface area contributed by atoms with Crippen molar-refractivity contribution in [2.75, 3.05) is 18.4 Å². The largest absolute Gasteiger partial charge is 0.454 e. The summed E-state index contributed by atoms with van der Waals surface area (Å²) in [5, 5.41) is 7.96. The van der Waals surface area contributed by atoms with Gasteiger partial charge in [-0.25, -0.2) is 8.78 Å². The summed E-state index contributed by atoms with van der Waals surface area (Å²) in [4.78, 5) is 44.0. The van der Waals surface area contributed by atoms with E-state index in [9.17, 15) is 23.2 Å². The smallest absolute Gasteiger partial charge is 0.255 e. The number of rotatable bonds is 11. The molecule has 0 saturated heterocycles. The van der Waals surface area contributed by atoms with Crippen molar-refractivity contribution in [2.45, 2.75) is 26.7 Å². The minimum atomic E-state index is -0.701. The van der Waals surface area contributed by atoms with Gasteiger partial charge in [-0.2, -0.15) is 0 Å². The molecule has 2 heterocycles. The van der Waals surface area contributed by atoms with E-state index < -0.39 is 17.5 Å². The molecule has 0 spiro atoms. The fraction of sp³-hybridized carbons (Fsp3) is 0.200. The number of halogens is 2. The van der Waals surface area contributed by atoms with Gasteiger partial charge in [0, 0.05) is 43.5 Å². The minimum absolute atomic E-state index is 0.0129. The molecule has 4 aromatic rings. The standard InChI is InChI=1S/C30H29F2N5O4/c1-3-33-28(38)5-4-11-35-29(39)20-14-25(36-17-20)26-16-21(10-12-34-26)41-27-15-19(7-9-23(27)32)30(40)37-24-13-18(2)6-8-22(24)31/h6-10,12-17,36H,3-5,11H2,1-2H3,(H,33,38)(H,35,39)(H,37,40). The maximum Gasteiger partial charge on any atom is 0.255 e. The lowest BCUT2D eigenvalue weighted by Gasteiger charge is -2.11. The van der Waals surface area contributed by atoms with Crippen LogP contribution in [0.25, 0.3) is 11.4 Å². The molecule has 0 bridgehead atoms. The SMILES string of the molecule is CCNC(=O)CCCNC(=O)c1c[nH]c(-c2cc(Oc3cc(C(=O)Nc4cc(C)ccc4F)ccc3F)ccn2)c1. The van der Waals surface area contributed by atoms with E-state index in [1.807, 2.05) is 6.92 Å². The number of aromatic nitrogens is 2. The number of nitrogens with zero attached hydrogens (tertiary/aromatic N) is 1. The first-order chi connectivity index (χ1) is 19.7. The molecule has 0 aliphatic rings. The zero-order valence-corrected chi connectivity index (χ0v) is 22.5. The summed E-state index contributed by atoms with van der Waals surface area (Å²) in [6, 6.07) is 12.6. The molecule has 0 unspecified atom stereocenters. The predicted octanol–water partition coefficient (Wildman–Crippen LogP) is 5.35. The highest BCUT2D eigenvalue weighted by atomic mass is 19.1. The molecule has 4 rings (SSSR count). The Bertz CT molecular complexity index is 1570. The van der Waals surface area contributed by atoms with Crippen LogP contribution in [0.4, 0.5) is 14.5 Å². The number of H-pyrrole nitrogens is 1. The van der Waals surface area contributed by atoms with Crippen molar-refractivity contribution in [3.63, 3.8) is 0 Å². The molecular formula is C30H29F2N5O4. The number of hydrogen-bond donors (Lipinski definition) is 4. The van der Waals surface area contributed by atoms with Crippen LogP contribution in [0, 0.1) is 18.6 Å². The lowest BCUT2D eigenvalue weighted by atomic mass is 10.1. The van der Waals surface area contributed by atoms with Crippen molar-refractivity contribution in [1.82, 2.24) is 20.6 Å². The molecule has 212 valence electrons. The quantitative estimate of drug-likeness (QED) is 0.184. The van der Waals surface area contributed by atoms with E-state index in [-0.39, 0.29) is 34.6 Å². The molecule has 0 aliphatic carbocycles. The number of benzene rings is 2. The Balaban J connectivity index is 1.41. The number of hydrogen-bond acceptors (Lipinski definition) is 5. The molecule has 11 heteroatoms. The molecule has 0 atom stereocenters. The van der Waals surface area contributed by atoms with Gasteiger partial charge in [-0.1, -0.05) is 6.07 Å². The Kier molecular flexibility index (Phi) is 9.41. The van der Waals surface area contributed by atoms with Gasteiger partial charge in [0.05, 0.1) is 22.6 Å². The molecule has 2 aromatic carbocycles. The monoisotopic (exact) mass is 561 g/mol. The van der Waals surface area contributed by atoms with Gasteiger partial charge in [-0.15, -0.1) is 0 Å². The van der Waals surface area contributed by atoms with Gasteiger partial charge in [-0.05, 0) is 68.3 Å². The predicted molar refractivity (Wildman–Crippen MR) is 150 cm³/mol. The van der Waals surface area contributed by atoms with E-state index in [4.69, 9.17) is 4.74 Å². The molecule has 41 heavy (non-hydrogen) atoms. The molecule has 0 fully saturated rings. The Morgan fingerprint density at radius 3 is 2.54 bits per heavy atom. The highest BCUT2D eigenvalue weighted by molar-refractivity contribution is 6.04. The summed E-state index contributed by atoms with van der Waals surface area (Å²) >= 11 is 0. The lowest BCUT2D eigenvalue weighted by molar-refractivity contribution is -0.121. The third-order valence-electron chi connectivity index (χ3n) is 5.98. The van der Waals surface area contributed by atoms with Crippen LogP contribution in [-0.4, -0.2) is 40.8 Å². The minimum Gasteiger partial charge on any atom is -0.454 e.